The zero-order chi connectivity index (χ0) is 18.9. The number of rotatable bonds is 4. The summed E-state index contributed by atoms with van der Waals surface area (Å²) in [5.74, 6) is -0.229. The Morgan fingerprint density at radius 2 is 2.00 bits per heavy atom. The van der Waals surface area contributed by atoms with E-state index in [0.717, 1.165) is 12.0 Å². The number of hydrogen-bond acceptors (Lipinski definition) is 5. The Morgan fingerprint density at radius 3 is 2.56 bits per heavy atom. The van der Waals surface area contributed by atoms with Gasteiger partial charge < -0.3 is 14.6 Å². The summed E-state index contributed by atoms with van der Waals surface area (Å²) in [6, 6.07) is 9.24. The summed E-state index contributed by atoms with van der Waals surface area (Å²) in [4.78, 5) is 14.5. The second-order valence-corrected chi connectivity index (χ2v) is 7.92. The Kier molecular flexibility index (Phi) is 6.69. The molecule has 1 aromatic carbocycles. The SMILES string of the molecule is CCc1ccc(C2CNCCN2C(=O)c2cc(S(N)(=O)=O)c(C)o2)cc1.Cl. The van der Waals surface area contributed by atoms with Crippen LogP contribution in [0.1, 0.15) is 40.4 Å². The lowest BCUT2D eigenvalue weighted by molar-refractivity contribution is 0.0600. The van der Waals surface area contributed by atoms with Gasteiger partial charge in [-0.1, -0.05) is 31.2 Å². The fourth-order valence-corrected chi connectivity index (χ4v) is 3.93. The molecule has 0 saturated carbocycles. The first-order chi connectivity index (χ1) is 12.3. The molecule has 27 heavy (non-hydrogen) atoms. The van der Waals surface area contributed by atoms with Gasteiger partial charge in [-0.15, -0.1) is 12.4 Å². The van der Waals surface area contributed by atoms with Crippen LogP contribution in [0.4, 0.5) is 0 Å². The monoisotopic (exact) mass is 413 g/mol. The first-order valence-electron chi connectivity index (χ1n) is 8.55. The highest BCUT2D eigenvalue weighted by atomic mass is 35.5. The number of hydrogen-bond donors (Lipinski definition) is 2. The van der Waals surface area contributed by atoms with Gasteiger partial charge in [0.25, 0.3) is 5.91 Å². The van der Waals surface area contributed by atoms with Gasteiger partial charge in [-0.3, -0.25) is 4.79 Å². The molecule has 3 N–H and O–H groups in total. The molecule has 3 rings (SSSR count). The summed E-state index contributed by atoms with van der Waals surface area (Å²) in [5, 5.41) is 8.47. The van der Waals surface area contributed by atoms with E-state index in [2.05, 4.69) is 24.4 Å². The van der Waals surface area contributed by atoms with Gasteiger partial charge in [0.15, 0.2) is 5.76 Å². The molecule has 1 aliphatic rings. The van der Waals surface area contributed by atoms with Crippen molar-refractivity contribution in [3.05, 3.63) is 53.0 Å². The second kappa shape index (κ2) is 8.43. The maximum atomic E-state index is 13.0. The first kappa shape index (κ1) is 21.4. The first-order valence-corrected chi connectivity index (χ1v) is 10.1. The van der Waals surface area contributed by atoms with E-state index < -0.39 is 10.0 Å². The lowest BCUT2D eigenvalue weighted by Crippen LogP contribution is -2.48. The molecule has 1 fully saturated rings. The number of carbonyl (C=O) groups excluding carboxylic acids is 1. The molecule has 0 spiro atoms. The molecule has 1 aromatic heterocycles. The smallest absolute Gasteiger partial charge is 0.290 e. The maximum Gasteiger partial charge on any atom is 0.290 e. The number of furan rings is 1. The third-order valence-corrected chi connectivity index (χ3v) is 5.68. The van der Waals surface area contributed by atoms with Crippen LogP contribution in [-0.4, -0.2) is 38.9 Å². The van der Waals surface area contributed by atoms with Crippen molar-refractivity contribution in [1.82, 2.24) is 10.2 Å². The normalized spacial score (nSPS) is 17.4. The molecular formula is C18H24ClN3O4S. The summed E-state index contributed by atoms with van der Waals surface area (Å²) >= 11 is 0. The van der Waals surface area contributed by atoms with Gasteiger partial charge in [-0.2, -0.15) is 0 Å². The molecule has 2 aromatic rings. The molecule has 9 heteroatoms. The number of carbonyl (C=O) groups is 1. The lowest BCUT2D eigenvalue weighted by atomic mass is 10.0. The fourth-order valence-electron chi connectivity index (χ4n) is 3.22. The maximum absolute atomic E-state index is 13.0. The highest BCUT2D eigenvalue weighted by Crippen LogP contribution is 2.27. The van der Waals surface area contributed by atoms with Crippen molar-refractivity contribution in [2.45, 2.75) is 31.2 Å². The summed E-state index contributed by atoms with van der Waals surface area (Å²) in [6.45, 7) is 5.37. The number of benzene rings is 1. The van der Waals surface area contributed by atoms with E-state index in [4.69, 9.17) is 9.56 Å². The van der Waals surface area contributed by atoms with Gasteiger partial charge in [0, 0.05) is 25.7 Å². The van der Waals surface area contributed by atoms with Gasteiger partial charge in [0.1, 0.15) is 10.7 Å². The average Bonchev–Trinajstić information content (AvgIpc) is 3.03. The summed E-state index contributed by atoms with van der Waals surface area (Å²) in [5.41, 5.74) is 2.26. The Labute approximate surface area is 165 Å². The third-order valence-electron chi connectivity index (χ3n) is 4.67. The Morgan fingerprint density at radius 1 is 1.33 bits per heavy atom. The van der Waals surface area contributed by atoms with Crippen LogP contribution in [0.2, 0.25) is 0 Å². The number of nitrogens with zero attached hydrogens (tertiary/aromatic N) is 1. The third kappa shape index (κ3) is 4.52. The van der Waals surface area contributed by atoms with Crippen LogP contribution in [-0.2, 0) is 16.4 Å². The van der Waals surface area contributed by atoms with Gasteiger partial charge in [0.2, 0.25) is 10.0 Å². The van der Waals surface area contributed by atoms with Crippen LogP contribution in [0, 0.1) is 6.92 Å². The van der Waals surface area contributed by atoms with Crippen molar-refractivity contribution in [2.75, 3.05) is 19.6 Å². The number of nitrogens with one attached hydrogen (secondary N) is 1. The summed E-state index contributed by atoms with van der Waals surface area (Å²) in [6.07, 6.45) is 0.952. The van der Waals surface area contributed by atoms with Gasteiger partial charge in [0.05, 0.1) is 6.04 Å². The van der Waals surface area contributed by atoms with Gasteiger partial charge in [-0.25, -0.2) is 13.6 Å². The van der Waals surface area contributed by atoms with Crippen LogP contribution in [0.15, 0.2) is 39.6 Å². The molecule has 0 bridgehead atoms. The van der Waals surface area contributed by atoms with E-state index in [1.54, 1.807) is 4.90 Å². The molecule has 7 nitrogen and oxygen atoms in total. The number of sulfonamides is 1. The van der Waals surface area contributed by atoms with Crippen molar-refractivity contribution in [1.29, 1.82) is 0 Å². The molecule has 2 heterocycles. The largest absolute Gasteiger partial charge is 0.455 e. The van der Waals surface area contributed by atoms with E-state index in [0.29, 0.717) is 19.6 Å². The minimum absolute atomic E-state index is 0. The van der Waals surface area contributed by atoms with E-state index in [9.17, 15) is 13.2 Å². The van der Waals surface area contributed by atoms with E-state index >= 15 is 0 Å². The number of amides is 1. The van der Waals surface area contributed by atoms with Crippen LogP contribution in [0.3, 0.4) is 0 Å². The predicted molar refractivity (Wildman–Crippen MR) is 105 cm³/mol. The molecule has 1 aliphatic heterocycles. The predicted octanol–water partition coefficient (Wildman–Crippen LogP) is 2.01. The minimum atomic E-state index is -3.93. The molecule has 0 radical (unpaired) electrons. The second-order valence-electron chi connectivity index (χ2n) is 6.39. The Bertz CT molecular complexity index is 909. The molecule has 0 aliphatic carbocycles. The molecule has 148 valence electrons. The fraction of sp³-hybridized carbons (Fsp3) is 0.389. The van der Waals surface area contributed by atoms with Crippen LogP contribution in [0.25, 0.3) is 0 Å². The number of nitrogens with two attached hydrogens (primary N) is 1. The Balaban J connectivity index is 0.00000261. The highest BCUT2D eigenvalue weighted by molar-refractivity contribution is 7.89. The van der Waals surface area contributed by atoms with Crippen molar-refractivity contribution < 1.29 is 17.6 Å². The molecule has 1 saturated heterocycles. The topological polar surface area (TPSA) is 106 Å². The summed E-state index contributed by atoms with van der Waals surface area (Å²) in [7, 11) is -3.93. The lowest BCUT2D eigenvalue weighted by Gasteiger charge is -2.36. The molecule has 1 unspecified atom stereocenters. The molecule has 1 atom stereocenters. The van der Waals surface area contributed by atoms with Crippen LogP contribution in [0.5, 0.6) is 0 Å². The highest BCUT2D eigenvalue weighted by Gasteiger charge is 2.31. The van der Waals surface area contributed by atoms with Crippen molar-refractivity contribution in [2.24, 2.45) is 5.14 Å². The zero-order valence-electron chi connectivity index (χ0n) is 15.3. The Hall–Kier alpha value is -1.87. The number of primary sulfonamides is 1. The van der Waals surface area contributed by atoms with Gasteiger partial charge in [-0.05, 0) is 24.5 Å². The molecular weight excluding hydrogens is 390 g/mol. The van der Waals surface area contributed by atoms with E-state index in [-0.39, 0.29) is 40.8 Å². The molecule has 1 amide bonds. The van der Waals surface area contributed by atoms with Crippen molar-refractivity contribution in [3.63, 3.8) is 0 Å². The van der Waals surface area contributed by atoms with E-state index in [1.807, 2.05) is 12.1 Å². The van der Waals surface area contributed by atoms with Crippen molar-refractivity contribution in [3.8, 4) is 0 Å². The average molecular weight is 414 g/mol. The van der Waals surface area contributed by atoms with Crippen LogP contribution < -0.4 is 10.5 Å². The van der Waals surface area contributed by atoms with E-state index in [1.165, 1.54) is 18.6 Å². The number of piperazine rings is 1. The van der Waals surface area contributed by atoms with Crippen molar-refractivity contribution >= 4 is 28.3 Å². The van der Waals surface area contributed by atoms with Crippen LogP contribution >= 0.6 is 12.4 Å². The quantitative estimate of drug-likeness (QED) is 0.797. The standard InChI is InChI=1S/C18H23N3O4S.ClH/c1-3-13-4-6-14(7-5-13)15-11-20-8-9-21(15)18(22)16-10-17(12(2)25-16)26(19,23)24;/h4-7,10,15,20H,3,8-9,11H2,1-2H3,(H2,19,23,24);1H. The number of aryl methyl sites for hydroxylation is 2. The minimum Gasteiger partial charge on any atom is -0.455 e. The van der Waals surface area contributed by atoms with Gasteiger partial charge >= 0.3 is 0 Å². The summed E-state index contributed by atoms with van der Waals surface area (Å²) < 4.78 is 28.6. The number of halogens is 1. The zero-order valence-corrected chi connectivity index (χ0v) is 16.9.